The molecule has 9 nitrogen and oxygen atoms in total. The van der Waals surface area contributed by atoms with Crippen LogP contribution in [0, 0.1) is 11.6 Å². The average Bonchev–Trinajstić information content (AvgIpc) is 3.75. The van der Waals surface area contributed by atoms with Gasteiger partial charge in [0.25, 0.3) is 5.91 Å². The van der Waals surface area contributed by atoms with Crippen molar-refractivity contribution in [3.8, 4) is 0 Å². The molecule has 2 saturated heterocycles. The van der Waals surface area contributed by atoms with Crippen molar-refractivity contribution < 1.29 is 36.3 Å². The fraction of sp³-hybridized carbons (Fsp3) is 0.417. The van der Waals surface area contributed by atoms with Gasteiger partial charge in [0, 0.05) is 56.0 Å². The Balaban J connectivity index is 1.35. The van der Waals surface area contributed by atoms with E-state index in [4.69, 9.17) is 4.74 Å². The number of H-pyrrole nitrogens is 1. The smallest absolute Gasteiger partial charge is 0.381 e. The second-order valence-electron chi connectivity index (χ2n) is 12.7. The number of likely N-dealkylation sites (tertiary alicyclic amines) is 1. The van der Waals surface area contributed by atoms with Crippen molar-refractivity contribution in [3.05, 3.63) is 82.9 Å². The van der Waals surface area contributed by atoms with Gasteiger partial charge in [0.05, 0.1) is 16.8 Å². The number of fused-ring (bicyclic) bond motifs is 1. The SMILES string of the molecule is CCN(CCN1CCCC1)c1ccc(C(=O)Nc2n[nH]c3ccc(Cc4cc(F)cc(F)c4)cc23)c(N(C(=O)C(F)(F)F)C2CCOCC2)c1. The molecule has 0 spiro atoms. The first-order valence-electron chi connectivity index (χ1n) is 16.8. The van der Waals surface area contributed by atoms with Gasteiger partial charge in [-0.3, -0.25) is 14.7 Å². The average molecular weight is 699 g/mol. The minimum Gasteiger partial charge on any atom is -0.381 e. The molecule has 2 N–H and O–H groups in total. The highest BCUT2D eigenvalue weighted by Crippen LogP contribution is 2.35. The Morgan fingerprint density at radius 1 is 0.980 bits per heavy atom. The van der Waals surface area contributed by atoms with E-state index < -0.39 is 35.7 Å². The summed E-state index contributed by atoms with van der Waals surface area (Å²) in [6.07, 6.45) is -2.41. The van der Waals surface area contributed by atoms with Crippen LogP contribution in [0.3, 0.4) is 0 Å². The lowest BCUT2D eigenvalue weighted by Crippen LogP contribution is -2.50. The number of nitrogens with one attached hydrogen (secondary N) is 2. The van der Waals surface area contributed by atoms with Crippen molar-refractivity contribution in [3.63, 3.8) is 0 Å². The van der Waals surface area contributed by atoms with E-state index >= 15 is 0 Å². The molecular formula is C36H39F5N6O3. The predicted octanol–water partition coefficient (Wildman–Crippen LogP) is 6.68. The molecule has 0 unspecified atom stereocenters. The first-order valence-corrected chi connectivity index (χ1v) is 16.8. The number of aromatic amines is 1. The molecule has 50 heavy (non-hydrogen) atoms. The van der Waals surface area contributed by atoms with E-state index in [2.05, 4.69) is 20.4 Å². The minimum absolute atomic E-state index is 0.105. The number of alkyl halides is 3. The molecule has 266 valence electrons. The summed E-state index contributed by atoms with van der Waals surface area (Å²) < 4.78 is 75.7. The van der Waals surface area contributed by atoms with Crippen LogP contribution in [0.1, 0.15) is 54.1 Å². The molecule has 0 aliphatic carbocycles. The summed E-state index contributed by atoms with van der Waals surface area (Å²) in [4.78, 5) is 32.3. The van der Waals surface area contributed by atoms with Gasteiger partial charge in [0.2, 0.25) is 0 Å². The van der Waals surface area contributed by atoms with E-state index in [1.165, 1.54) is 24.3 Å². The number of amides is 2. The number of rotatable bonds is 11. The van der Waals surface area contributed by atoms with Gasteiger partial charge >= 0.3 is 12.1 Å². The number of ether oxygens (including phenoxy) is 1. The van der Waals surface area contributed by atoms with Crippen LogP contribution in [0.2, 0.25) is 0 Å². The number of likely N-dealkylation sites (N-methyl/N-ethyl adjacent to an activating group) is 1. The molecule has 2 fully saturated rings. The lowest BCUT2D eigenvalue weighted by Gasteiger charge is -2.36. The Bertz CT molecular complexity index is 1810. The number of benzene rings is 3. The molecule has 4 aromatic rings. The highest BCUT2D eigenvalue weighted by atomic mass is 19.4. The van der Waals surface area contributed by atoms with Crippen LogP contribution in [-0.2, 0) is 16.0 Å². The third kappa shape index (κ3) is 8.07. The van der Waals surface area contributed by atoms with Crippen LogP contribution >= 0.6 is 0 Å². The number of anilines is 3. The van der Waals surface area contributed by atoms with E-state index in [9.17, 15) is 31.5 Å². The predicted molar refractivity (Wildman–Crippen MR) is 181 cm³/mol. The van der Waals surface area contributed by atoms with Crippen molar-refractivity contribution in [2.24, 2.45) is 0 Å². The van der Waals surface area contributed by atoms with E-state index in [0.717, 1.165) is 38.5 Å². The summed E-state index contributed by atoms with van der Waals surface area (Å²) in [6, 6.07) is 12.2. The van der Waals surface area contributed by atoms with Crippen molar-refractivity contribution in [2.45, 2.75) is 51.2 Å². The Labute approximate surface area is 286 Å². The standard InChI is InChI=1S/C36H39F5N6O3/c1-2-46(14-13-45-11-3-4-12-45)28-6-7-29(32(22-28)47(35(49)36(39,40)41)27-9-15-50-16-10-27)34(48)42-33-30-20-23(5-8-31(30)43-44-33)17-24-18-25(37)21-26(38)19-24/h5-8,18-22,27H,2-4,9-17H2,1H3,(H2,42,43,44,48). The fourth-order valence-corrected chi connectivity index (χ4v) is 6.79. The third-order valence-corrected chi connectivity index (χ3v) is 9.32. The molecule has 2 aliphatic heterocycles. The zero-order valence-corrected chi connectivity index (χ0v) is 27.7. The number of hydrogen-bond acceptors (Lipinski definition) is 6. The zero-order chi connectivity index (χ0) is 35.4. The van der Waals surface area contributed by atoms with Crippen molar-refractivity contribution in [1.82, 2.24) is 15.1 Å². The Kier molecular flexibility index (Phi) is 10.7. The van der Waals surface area contributed by atoms with Gasteiger partial charge in [-0.2, -0.15) is 18.3 Å². The molecule has 0 atom stereocenters. The molecule has 6 rings (SSSR count). The zero-order valence-electron chi connectivity index (χ0n) is 27.7. The van der Waals surface area contributed by atoms with Crippen LogP contribution in [0.5, 0.6) is 0 Å². The molecule has 3 aromatic carbocycles. The van der Waals surface area contributed by atoms with E-state index in [0.29, 0.717) is 45.7 Å². The van der Waals surface area contributed by atoms with Crippen molar-refractivity contribution in [2.75, 3.05) is 61.1 Å². The highest BCUT2D eigenvalue weighted by molar-refractivity contribution is 6.13. The van der Waals surface area contributed by atoms with Gasteiger partial charge in [-0.25, -0.2) is 8.78 Å². The van der Waals surface area contributed by atoms with Crippen molar-refractivity contribution >= 4 is 39.9 Å². The second-order valence-corrected chi connectivity index (χ2v) is 12.7. The summed E-state index contributed by atoms with van der Waals surface area (Å²) in [5, 5.41) is 10.3. The second kappa shape index (κ2) is 15.1. The number of carbonyl (C=O) groups excluding carboxylic acids is 2. The summed E-state index contributed by atoms with van der Waals surface area (Å²) in [6.45, 7) is 6.24. The van der Waals surface area contributed by atoms with Gasteiger partial charge in [0.15, 0.2) is 5.82 Å². The molecule has 14 heteroatoms. The molecule has 2 aliphatic rings. The van der Waals surface area contributed by atoms with Crippen LogP contribution in [0.25, 0.3) is 10.9 Å². The number of halogens is 5. The maximum Gasteiger partial charge on any atom is 0.471 e. The lowest BCUT2D eigenvalue weighted by atomic mass is 10.0. The van der Waals surface area contributed by atoms with Gasteiger partial charge in [-0.15, -0.1) is 0 Å². The Morgan fingerprint density at radius 3 is 2.38 bits per heavy atom. The number of aromatic nitrogens is 2. The van der Waals surface area contributed by atoms with E-state index in [1.807, 2.05) is 11.8 Å². The maximum atomic E-state index is 14.2. The van der Waals surface area contributed by atoms with Gasteiger partial charge in [-0.05, 0) is 106 Å². The summed E-state index contributed by atoms with van der Waals surface area (Å²) in [5.74, 6) is -4.12. The van der Waals surface area contributed by atoms with Gasteiger partial charge in [0.1, 0.15) is 11.6 Å². The first kappa shape index (κ1) is 35.3. The van der Waals surface area contributed by atoms with Gasteiger partial charge in [-0.1, -0.05) is 6.07 Å². The molecule has 0 bridgehead atoms. The lowest BCUT2D eigenvalue weighted by molar-refractivity contribution is -0.171. The quantitative estimate of drug-likeness (QED) is 0.170. The first-order chi connectivity index (χ1) is 24.0. The molecular weight excluding hydrogens is 659 g/mol. The largest absolute Gasteiger partial charge is 0.471 e. The monoisotopic (exact) mass is 698 g/mol. The molecule has 3 heterocycles. The Hall–Kier alpha value is -4.56. The molecule has 2 amide bonds. The number of hydrogen-bond donors (Lipinski definition) is 2. The van der Waals surface area contributed by atoms with Crippen molar-refractivity contribution in [1.29, 1.82) is 0 Å². The molecule has 1 aromatic heterocycles. The van der Waals surface area contributed by atoms with E-state index in [-0.39, 0.29) is 49.5 Å². The Morgan fingerprint density at radius 2 is 1.70 bits per heavy atom. The topological polar surface area (TPSA) is 93.8 Å². The third-order valence-electron chi connectivity index (χ3n) is 9.32. The van der Waals surface area contributed by atoms with Crippen LogP contribution in [0.15, 0.2) is 54.6 Å². The van der Waals surface area contributed by atoms with Crippen LogP contribution in [0.4, 0.5) is 39.1 Å². The van der Waals surface area contributed by atoms with Gasteiger partial charge < -0.3 is 24.8 Å². The maximum absolute atomic E-state index is 14.2. The molecule has 0 saturated carbocycles. The summed E-state index contributed by atoms with van der Waals surface area (Å²) in [5.41, 5.74) is 1.95. The van der Waals surface area contributed by atoms with Crippen LogP contribution in [-0.4, -0.2) is 85.1 Å². The number of carbonyl (C=O) groups is 2. The van der Waals surface area contributed by atoms with Crippen LogP contribution < -0.4 is 15.1 Å². The normalized spacial score (nSPS) is 15.8. The summed E-state index contributed by atoms with van der Waals surface area (Å²) in [7, 11) is 0. The highest BCUT2D eigenvalue weighted by Gasteiger charge is 2.46. The van der Waals surface area contributed by atoms with E-state index in [1.54, 1.807) is 24.3 Å². The number of nitrogens with zero attached hydrogens (tertiary/aromatic N) is 4. The summed E-state index contributed by atoms with van der Waals surface area (Å²) >= 11 is 0. The fourth-order valence-electron chi connectivity index (χ4n) is 6.79. The minimum atomic E-state index is -5.19. The molecule has 0 radical (unpaired) electrons.